The van der Waals surface area contributed by atoms with E-state index in [-0.39, 0.29) is 6.04 Å². The van der Waals surface area contributed by atoms with Gasteiger partial charge in [-0.15, -0.1) is 0 Å². The van der Waals surface area contributed by atoms with Crippen molar-refractivity contribution in [3.05, 3.63) is 30.4 Å². The molecule has 84 valence electrons. The summed E-state index contributed by atoms with van der Waals surface area (Å²) in [6.07, 6.45) is 3.28. The largest absolute Gasteiger partial charge is 0.463 e. The Kier molecular flexibility index (Phi) is 3.80. The summed E-state index contributed by atoms with van der Waals surface area (Å²) in [5.74, 6) is 6.97. The van der Waals surface area contributed by atoms with Crippen molar-refractivity contribution in [3.63, 3.8) is 0 Å². The monoisotopic (exact) mass is 209 g/mol. The zero-order chi connectivity index (χ0) is 11.4. The Labute approximate surface area is 90.5 Å². The third kappa shape index (κ3) is 3.02. The molecule has 0 aromatic carbocycles. The summed E-state index contributed by atoms with van der Waals surface area (Å²) in [5.41, 5.74) is 6.36. The Morgan fingerprint density at radius 3 is 2.60 bits per heavy atom. The summed E-state index contributed by atoms with van der Waals surface area (Å²) in [6.45, 7) is 6.28. The van der Waals surface area contributed by atoms with Gasteiger partial charge in [0.05, 0.1) is 12.0 Å². The van der Waals surface area contributed by atoms with E-state index in [1.807, 2.05) is 0 Å². The predicted molar refractivity (Wildman–Crippen MR) is 61.2 cm³/mol. The van der Waals surface area contributed by atoms with Crippen LogP contribution in [0.2, 0.25) is 0 Å². The second kappa shape index (κ2) is 4.89. The quantitative estimate of drug-likeness (QED) is 0.585. The van der Waals surface area contributed by atoms with Crippen molar-refractivity contribution in [2.75, 3.05) is 0 Å². The molecule has 1 atom stereocenters. The van der Waals surface area contributed by atoms with Gasteiger partial charge < -0.3 is 15.2 Å². The van der Waals surface area contributed by atoms with Crippen LogP contribution in [0.3, 0.4) is 0 Å². The Bertz CT molecular complexity index is 317. The third-order valence-corrected chi connectivity index (χ3v) is 2.53. The van der Waals surface area contributed by atoms with E-state index in [0.29, 0.717) is 17.4 Å². The number of furan rings is 1. The van der Waals surface area contributed by atoms with E-state index < -0.39 is 0 Å². The molecule has 15 heavy (non-hydrogen) atoms. The molecule has 1 aromatic rings. The summed E-state index contributed by atoms with van der Waals surface area (Å²) in [4.78, 5) is 0. The molecule has 0 radical (unpaired) electrons. The van der Waals surface area contributed by atoms with Gasteiger partial charge in [0, 0.05) is 12.2 Å². The lowest BCUT2D eigenvalue weighted by Crippen LogP contribution is -2.38. The fourth-order valence-corrected chi connectivity index (χ4v) is 1.13. The lowest BCUT2D eigenvalue weighted by Gasteiger charge is -2.26. The van der Waals surface area contributed by atoms with E-state index in [1.165, 1.54) is 0 Å². The number of hydrogen-bond donors (Lipinski definition) is 2. The highest BCUT2D eigenvalue weighted by Crippen LogP contribution is 2.12. The molecule has 0 aliphatic rings. The van der Waals surface area contributed by atoms with Crippen LogP contribution in [0, 0.1) is 5.92 Å². The van der Waals surface area contributed by atoms with E-state index in [0.717, 1.165) is 0 Å². The maximum atomic E-state index is 5.86. The summed E-state index contributed by atoms with van der Waals surface area (Å²) < 4.78 is 5.16. The predicted octanol–water partition coefficient (Wildman–Crippen LogP) is 1.76. The van der Waals surface area contributed by atoms with Gasteiger partial charge >= 0.3 is 0 Å². The molecule has 1 heterocycles. The minimum atomic E-state index is 0.235. The van der Waals surface area contributed by atoms with E-state index in [9.17, 15) is 0 Å². The van der Waals surface area contributed by atoms with E-state index in [2.05, 4.69) is 20.8 Å². The maximum Gasteiger partial charge on any atom is 0.151 e. The van der Waals surface area contributed by atoms with Crippen LogP contribution in [0.1, 0.15) is 26.5 Å². The van der Waals surface area contributed by atoms with Gasteiger partial charge in [0.25, 0.3) is 0 Å². The highest BCUT2D eigenvalue weighted by molar-refractivity contribution is 5.57. The maximum absolute atomic E-state index is 5.86. The number of hydrazine groups is 1. The number of nitrogens with two attached hydrogens (primary N) is 2. The van der Waals surface area contributed by atoms with E-state index in [1.54, 1.807) is 29.6 Å². The molecule has 0 spiro atoms. The fraction of sp³-hybridized carbons (Fsp3) is 0.455. The van der Waals surface area contributed by atoms with Gasteiger partial charge in [0.1, 0.15) is 0 Å². The Balaban J connectivity index is 2.71. The van der Waals surface area contributed by atoms with Crippen LogP contribution in [-0.2, 0) is 0 Å². The molecule has 4 nitrogen and oxygen atoms in total. The van der Waals surface area contributed by atoms with Gasteiger partial charge in [-0.2, -0.15) is 0 Å². The molecule has 4 N–H and O–H groups in total. The van der Waals surface area contributed by atoms with Crippen LogP contribution in [0.25, 0.3) is 5.70 Å². The number of rotatable bonds is 4. The summed E-state index contributed by atoms with van der Waals surface area (Å²) in [5, 5.41) is 1.61. The van der Waals surface area contributed by atoms with E-state index >= 15 is 0 Å². The minimum Gasteiger partial charge on any atom is -0.463 e. The van der Waals surface area contributed by atoms with Crippen LogP contribution >= 0.6 is 0 Å². The van der Waals surface area contributed by atoms with Crippen molar-refractivity contribution in [2.24, 2.45) is 17.5 Å². The lowest BCUT2D eigenvalue weighted by atomic mass is 10.1. The third-order valence-electron chi connectivity index (χ3n) is 2.53. The molecule has 0 aliphatic carbocycles. The Morgan fingerprint density at radius 1 is 1.47 bits per heavy atom. The molecule has 0 aliphatic heterocycles. The normalized spacial score (nSPS) is 14.3. The summed E-state index contributed by atoms with van der Waals surface area (Å²) in [7, 11) is 0. The topological polar surface area (TPSA) is 68.4 Å². The minimum absolute atomic E-state index is 0.235. The van der Waals surface area contributed by atoms with Crippen molar-refractivity contribution in [1.29, 1.82) is 0 Å². The van der Waals surface area contributed by atoms with Gasteiger partial charge in [-0.3, -0.25) is 0 Å². The van der Waals surface area contributed by atoms with Crippen molar-refractivity contribution >= 4 is 5.70 Å². The molecule has 0 saturated carbocycles. The zero-order valence-corrected chi connectivity index (χ0v) is 9.47. The summed E-state index contributed by atoms with van der Waals surface area (Å²) in [6, 6.07) is 3.83. The zero-order valence-electron chi connectivity index (χ0n) is 9.47. The summed E-state index contributed by atoms with van der Waals surface area (Å²) >= 11 is 0. The Morgan fingerprint density at radius 2 is 2.13 bits per heavy atom. The molecule has 1 unspecified atom stereocenters. The second-order valence-corrected chi connectivity index (χ2v) is 3.99. The molecular weight excluding hydrogens is 190 g/mol. The second-order valence-electron chi connectivity index (χ2n) is 3.99. The lowest BCUT2D eigenvalue weighted by molar-refractivity contribution is 0.243. The molecule has 0 amide bonds. The van der Waals surface area contributed by atoms with Crippen LogP contribution in [-0.4, -0.2) is 11.1 Å². The average Bonchev–Trinajstić information content (AvgIpc) is 2.68. The molecule has 0 bridgehead atoms. The van der Waals surface area contributed by atoms with Crippen LogP contribution in [0.15, 0.2) is 29.0 Å². The first-order chi connectivity index (χ1) is 7.02. The SMILES string of the molecule is CC(C)C(C)N(N)/C=C(\N)c1ccco1. The number of nitrogens with zero attached hydrogens (tertiary/aromatic N) is 1. The van der Waals surface area contributed by atoms with Gasteiger partial charge in [0.15, 0.2) is 5.76 Å². The van der Waals surface area contributed by atoms with Gasteiger partial charge in [-0.1, -0.05) is 13.8 Å². The highest BCUT2D eigenvalue weighted by atomic mass is 16.3. The van der Waals surface area contributed by atoms with Crippen LogP contribution < -0.4 is 11.6 Å². The van der Waals surface area contributed by atoms with Crippen LogP contribution in [0.4, 0.5) is 0 Å². The first kappa shape index (κ1) is 11.7. The van der Waals surface area contributed by atoms with Crippen molar-refractivity contribution in [2.45, 2.75) is 26.8 Å². The van der Waals surface area contributed by atoms with Crippen molar-refractivity contribution in [1.82, 2.24) is 5.01 Å². The molecule has 0 fully saturated rings. The van der Waals surface area contributed by atoms with E-state index in [4.69, 9.17) is 16.0 Å². The highest BCUT2D eigenvalue weighted by Gasteiger charge is 2.11. The van der Waals surface area contributed by atoms with Gasteiger partial charge in [0.2, 0.25) is 0 Å². The Hall–Kier alpha value is -1.42. The number of hydrogen-bond acceptors (Lipinski definition) is 4. The standard InChI is InChI=1S/C11H19N3O/c1-8(2)9(3)14(13)7-10(12)11-5-4-6-15-11/h4-9H,12-13H2,1-3H3/b10-7-. The molecule has 4 heteroatoms. The fourth-order valence-electron chi connectivity index (χ4n) is 1.13. The van der Waals surface area contributed by atoms with Gasteiger partial charge in [-0.25, -0.2) is 5.84 Å². The molecular formula is C11H19N3O. The first-order valence-corrected chi connectivity index (χ1v) is 5.06. The van der Waals surface area contributed by atoms with Crippen molar-refractivity contribution < 1.29 is 4.42 Å². The van der Waals surface area contributed by atoms with Gasteiger partial charge in [-0.05, 0) is 25.0 Å². The van der Waals surface area contributed by atoms with Crippen molar-refractivity contribution in [3.8, 4) is 0 Å². The molecule has 1 rings (SSSR count). The average molecular weight is 209 g/mol. The molecule has 0 saturated heterocycles. The van der Waals surface area contributed by atoms with Crippen LogP contribution in [0.5, 0.6) is 0 Å². The smallest absolute Gasteiger partial charge is 0.151 e. The first-order valence-electron chi connectivity index (χ1n) is 5.06. The molecule has 1 aromatic heterocycles.